The van der Waals surface area contributed by atoms with Gasteiger partial charge >= 0.3 is 5.97 Å². The number of carbonyl (C=O) groups excluding carboxylic acids is 4. The second kappa shape index (κ2) is 8.60. The van der Waals surface area contributed by atoms with Crippen LogP contribution in [-0.2, 0) is 9.53 Å². The Labute approximate surface area is 172 Å². The van der Waals surface area contributed by atoms with Gasteiger partial charge in [0.1, 0.15) is 5.69 Å². The molecule has 154 valence electrons. The van der Waals surface area contributed by atoms with Crippen LogP contribution in [0.2, 0.25) is 0 Å². The summed E-state index contributed by atoms with van der Waals surface area (Å²) in [6.45, 7) is 6.09. The molecule has 1 saturated heterocycles. The van der Waals surface area contributed by atoms with Crippen LogP contribution in [0.25, 0.3) is 0 Å². The van der Waals surface area contributed by atoms with Crippen LogP contribution >= 0.6 is 11.3 Å². The molecule has 2 aromatic heterocycles. The van der Waals surface area contributed by atoms with Crippen molar-refractivity contribution in [1.29, 1.82) is 0 Å². The summed E-state index contributed by atoms with van der Waals surface area (Å²) < 4.78 is 5.15. The van der Waals surface area contributed by atoms with Gasteiger partial charge in [0.05, 0.1) is 4.88 Å². The van der Waals surface area contributed by atoms with Crippen LogP contribution in [0.5, 0.6) is 0 Å². The van der Waals surface area contributed by atoms with E-state index in [0.717, 1.165) is 0 Å². The molecule has 1 N–H and O–H groups in total. The maximum atomic E-state index is 12.4. The summed E-state index contributed by atoms with van der Waals surface area (Å²) in [6.07, 6.45) is 0. The summed E-state index contributed by atoms with van der Waals surface area (Å²) >= 11 is 1.39. The van der Waals surface area contributed by atoms with Crippen molar-refractivity contribution in [3.8, 4) is 0 Å². The number of ether oxygens (including phenoxy) is 1. The van der Waals surface area contributed by atoms with E-state index < -0.39 is 5.97 Å². The minimum atomic E-state index is -0.669. The highest BCUT2D eigenvalue weighted by molar-refractivity contribution is 7.12. The van der Waals surface area contributed by atoms with Gasteiger partial charge in [0.2, 0.25) is 0 Å². The monoisotopic (exact) mass is 417 g/mol. The molecular weight excluding hydrogens is 394 g/mol. The van der Waals surface area contributed by atoms with Crippen molar-refractivity contribution in [3.63, 3.8) is 0 Å². The van der Waals surface area contributed by atoms with Gasteiger partial charge in [-0.2, -0.15) is 0 Å². The number of H-pyrrole nitrogens is 1. The van der Waals surface area contributed by atoms with Crippen molar-refractivity contribution in [2.75, 3.05) is 32.8 Å². The number of nitrogens with one attached hydrogen (secondary N) is 1. The van der Waals surface area contributed by atoms with E-state index in [1.54, 1.807) is 29.7 Å². The highest BCUT2D eigenvalue weighted by atomic mass is 32.1. The molecule has 0 saturated carbocycles. The molecular formula is C20H23N3O5S. The standard InChI is InChI=1S/C20H23N3O5S/c1-12-17(14(3)24)13(2)21-18(12)20(27)28-11-16(25)22-6-8-23(9-7-22)19(26)15-5-4-10-29-15/h4-5,10,21H,6-9,11H2,1-3H3. The van der Waals surface area contributed by atoms with Crippen LogP contribution in [0.1, 0.15) is 48.7 Å². The maximum Gasteiger partial charge on any atom is 0.355 e. The van der Waals surface area contributed by atoms with Crippen molar-refractivity contribution >= 4 is 34.9 Å². The van der Waals surface area contributed by atoms with E-state index in [1.807, 2.05) is 11.4 Å². The number of hydrogen-bond acceptors (Lipinski definition) is 6. The average molecular weight is 417 g/mol. The Kier molecular flexibility index (Phi) is 6.17. The first kappa shape index (κ1) is 20.8. The third kappa shape index (κ3) is 4.40. The van der Waals surface area contributed by atoms with Gasteiger partial charge in [-0.05, 0) is 37.8 Å². The summed E-state index contributed by atoms with van der Waals surface area (Å²) in [5.41, 5.74) is 1.77. The largest absolute Gasteiger partial charge is 0.451 e. The highest BCUT2D eigenvalue weighted by Gasteiger charge is 2.27. The fourth-order valence-electron chi connectivity index (χ4n) is 3.49. The first-order valence-corrected chi connectivity index (χ1v) is 10.1. The molecule has 0 aromatic carbocycles. The molecule has 1 aliphatic rings. The fourth-order valence-corrected chi connectivity index (χ4v) is 4.18. The number of rotatable bonds is 5. The highest BCUT2D eigenvalue weighted by Crippen LogP contribution is 2.19. The summed E-state index contributed by atoms with van der Waals surface area (Å²) in [5.74, 6) is -1.15. The van der Waals surface area contributed by atoms with E-state index in [4.69, 9.17) is 4.74 Å². The lowest BCUT2D eigenvalue weighted by atomic mass is 10.1. The SMILES string of the molecule is CC(=O)c1c(C)[nH]c(C(=O)OCC(=O)N2CCN(C(=O)c3cccs3)CC2)c1C. The zero-order valence-electron chi connectivity index (χ0n) is 16.6. The molecule has 2 amide bonds. The second-order valence-corrected chi connectivity index (χ2v) is 7.86. The van der Waals surface area contributed by atoms with Crippen LogP contribution in [0, 0.1) is 13.8 Å². The quantitative estimate of drug-likeness (QED) is 0.593. The van der Waals surface area contributed by atoms with Crippen LogP contribution in [-0.4, -0.2) is 71.1 Å². The molecule has 0 spiro atoms. The van der Waals surface area contributed by atoms with Crippen LogP contribution in [0.15, 0.2) is 17.5 Å². The lowest BCUT2D eigenvalue weighted by Gasteiger charge is -2.34. The molecule has 1 aliphatic heterocycles. The van der Waals surface area contributed by atoms with Gasteiger partial charge in [0.15, 0.2) is 12.4 Å². The van der Waals surface area contributed by atoms with E-state index >= 15 is 0 Å². The van der Waals surface area contributed by atoms with Gasteiger partial charge in [0, 0.05) is 37.4 Å². The molecule has 0 atom stereocenters. The Morgan fingerprint density at radius 3 is 2.31 bits per heavy atom. The number of amides is 2. The first-order chi connectivity index (χ1) is 13.8. The summed E-state index contributed by atoms with van der Waals surface area (Å²) in [5, 5.41) is 1.86. The topological polar surface area (TPSA) is 99.8 Å². The zero-order valence-corrected chi connectivity index (χ0v) is 17.4. The fraction of sp³-hybridized carbons (Fsp3) is 0.400. The van der Waals surface area contributed by atoms with Crippen molar-refractivity contribution in [2.45, 2.75) is 20.8 Å². The normalized spacial score (nSPS) is 14.0. The lowest BCUT2D eigenvalue weighted by molar-refractivity contribution is -0.136. The smallest absolute Gasteiger partial charge is 0.355 e. The van der Waals surface area contributed by atoms with Crippen molar-refractivity contribution in [1.82, 2.24) is 14.8 Å². The molecule has 3 rings (SSSR count). The van der Waals surface area contributed by atoms with Crippen molar-refractivity contribution in [3.05, 3.63) is 44.9 Å². The van der Waals surface area contributed by atoms with E-state index in [0.29, 0.717) is 47.9 Å². The predicted molar refractivity (Wildman–Crippen MR) is 107 cm³/mol. The molecule has 1 fully saturated rings. The van der Waals surface area contributed by atoms with Gasteiger partial charge in [-0.15, -0.1) is 11.3 Å². The number of piperazine rings is 1. The maximum absolute atomic E-state index is 12.4. The molecule has 8 nitrogen and oxygen atoms in total. The average Bonchev–Trinajstić information content (AvgIpc) is 3.33. The minimum absolute atomic E-state index is 0.0302. The first-order valence-electron chi connectivity index (χ1n) is 9.27. The van der Waals surface area contributed by atoms with E-state index in [9.17, 15) is 19.2 Å². The molecule has 0 aliphatic carbocycles. The number of carbonyl (C=O) groups is 4. The van der Waals surface area contributed by atoms with E-state index in [2.05, 4.69) is 4.98 Å². The molecule has 3 heterocycles. The Morgan fingerprint density at radius 1 is 1.10 bits per heavy atom. The van der Waals surface area contributed by atoms with Crippen LogP contribution < -0.4 is 0 Å². The summed E-state index contributed by atoms with van der Waals surface area (Å²) in [4.78, 5) is 55.6. The van der Waals surface area contributed by atoms with Gasteiger partial charge in [-0.25, -0.2) is 4.79 Å². The number of ketones is 1. The van der Waals surface area contributed by atoms with E-state index in [-0.39, 0.29) is 29.9 Å². The number of aromatic nitrogens is 1. The molecule has 2 aromatic rings. The molecule has 0 bridgehead atoms. The number of aromatic amines is 1. The Balaban J connectivity index is 1.52. The number of aryl methyl sites for hydroxylation is 1. The molecule has 0 radical (unpaired) electrons. The molecule has 0 unspecified atom stereocenters. The number of thiophene rings is 1. The third-order valence-electron chi connectivity index (χ3n) is 4.97. The zero-order chi connectivity index (χ0) is 21.1. The minimum Gasteiger partial charge on any atom is -0.451 e. The van der Waals surface area contributed by atoms with Crippen molar-refractivity contribution in [2.24, 2.45) is 0 Å². The van der Waals surface area contributed by atoms with Crippen LogP contribution in [0.3, 0.4) is 0 Å². The number of Topliss-reactive ketones (excluding diaryl/α,β-unsaturated/α-hetero) is 1. The van der Waals surface area contributed by atoms with Gasteiger partial charge in [-0.1, -0.05) is 6.07 Å². The molecule has 9 heteroatoms. The van der Waals surface area contributed by atoms with Gasteiger partial charge in [-0.3, -0.25) is 14.4 Å². The number of hydrogen-bond donors (Lipinski definition) is 1. The van der Waals surface area contributed by atoms with E-state index in [1.165, 1.54) is 18.3 Å². The number of esters is 1. The van der Waals surface area contributed by atoms with Crippen molar-refractivity contribution < 1.29 is 23.9 Å². The second-order valence-electron chi connectivity index (χ2n) is 6.91. The molecule has 29 heavy (non-hydrogen) atoms. The summed E-state index contributed by atoms with van der Waals surface area (Å²) in [7, 11) is 0. The predicted octanol–water partition coefficient (Wildman–Crippen LogP) is 2.04. The van der Waals surface area contributed by atoms with Gasteiger partial charge in [0.25, 0.3) is 11.8 Å². The Hall–Kier alpha value is -2.94. The number of nitrogens with zero attached hydrogens (tertiary/aromatic N) is 2. The Morgan fingerprint density at radius 2 is 1.76 bits per heavy atom. The van der Waals surface area contributed by atoms with Gasteiger partial charge < -0.3 is 19.5 Å². The summed E-state index contributed by atoms with van der Waals surface area (Å²) in [6, 6.07) is 3.62. The Bertz CT molecular complexity index is 940. The van der Waals surface area contributed by atoms with Crippen LogP contribution in [0.4, 0.5) is 0 Å². The lowest BCUT2D eigenvalue weighted by Crippen LogP contribution is -2.51. The third-order valence-corrected chi connectivity index (χ3v) is 5.83.